The molecule has 0 spiro atoms. The summed E-state index contributed by atoms with van der Waals surface area (Å²) in [6.45, 7) is 6.68. The van der Waals surface area contributed by atoms with E-state index in [9.17, 15) is 14.0 Å². The van der Waals surface area contributed by atoms with Crippen molar-refractivity contribution in [1.82, 2.24) is 15.1 Å². The maximum atomic E-state index is 14.9. The van der Waals surface area contributed by atoms with Crippen molar-refractivity contribution < 1.29 is 23.5 Å². The molecule has 1 N–H and O–H groups in total. The first-order chi connectivity index (χ1) is 15.5. The van der Waals surface area contributed by atoms with Gasteiger partial charge in [-0.05, 0) is 43.8 Å². The monoisotopic (exact) mass is 465 g/mol. The molecule has 0 saturated carbocycles. The van der Waals surface area contributed by atoms with Crippen molar-refractivity contribution in [3.05, 3.63) is 24.0 Å². The van der Waals surface area contributed by atoms with E-state index in [4.69, 9.17) is 21.7 Å². The zero-order valence-corrected chi connectivity index (χ0v) is 18.9. The number of halogens is 1. The average Bonchev–Trinajstić information content (AvgIpc) is 3.12. The van der Waals surface area contributed by atoms with Crippen LogP contribution >= 0.6 is 12.2 Å². The number of benzene rings is 1. The van der Waals surface area contributed by atoms with Crippen LogP contribution in [0, 0.1) is 5.82 Å². The summed E-state index contributed by atoms with van der Waals surface area (Å²) in [6, 6.07) is 4.75. The molecule has 174 valence electrons. The molecule has 0 bridgehead atoms. The molecule has 0 unspecified atom stereocenters. The van der Waals surface area contributed by atoms with Gasteiger partial charge in [-0.25, -0.2) is 14.0 Å². The second-order valence-corrected chi connectivity index (χ2v) is 8.34. The van der Waals surface area contributed by atoms with Crippen LogP contribution in [0.3, 0.4) is 0 Å². The molecule has 0 aromatic heterocycles. The Kier molecular flexibility index (Phi) is 6.83. The number of carbonyl (C=O) groups is 2. The molecule has 3 fully saturated rings. The van der Waals surface area contributed by atoms with Crippen molar-refractivity contribution in [2.75, 3.05) is 68.8 Å². The van der Waals surface area contributed by atoms with Crippen molar-refractivity contribution in [2.45, 2.75) is 19.4 Å². The number of hydrogen-bond acceptors (Lipinski definition) is 6. The van der Waals surface area contributed by atoms with E-state index >= 15 is 0 Å². The number of likely N-dealkylation sites (tertiary alicyclic amines) is 1. The van der Waals surface area contributed by atoms with Crippen LogP contribution < -0.4 is 15.1 Å². The van der Waals surface area contributed by atoms with E-state index in [0.29, 0.717) is 62.4 Å². The van der Waals surface area contributed by atoms with Gasteiger partial charge in [-0.1, -0.05) is 0 Å². The molecule has 2 amide bonds. The van der Waals surface area contributed by atoms with E-state index in [1.54, 1.807) is 24.0 Å². The Morgan fingerprint density at radius 1 is 1.22 bits per heavy atom. The molecule has 1 aromatic carbocycles. The zero-order valence-electron chi connectivity index (χ0n) is 18.1. The van der Waals surface area contributed by atoms with Crippen LogP contribution in [0.15, 0.2) is 18.2 Å². The molecule has 9 nitrogen and oxygen atoms in total. The predicted octanol–water partition coefficient (Wildman–Crippen LogP) is 2.01. The number of nitrogens with zero attached hydrogens (tertiary/aromatic N) is 4. The number of ether oxygens (including phenoxy) is 2. The third-order valence-electron chi connectivity index (χ3n) is 5.89. The number of cyclic esters (lactones) is 1. The van der Waals surface area contributed by atoms with Crippen LogP contribution in [0.1, 0.15) is 13.3 Å². The lowest BCUT2D eigenvalue weighted by molar-refractivity contribution is 0.105. The minimum Gasteiger partial charge on any atom is -0.450 e. The van der Waals surface area contributed by atoms with E-state index in [0.717, 1.165) is 19.5 Å². The average molecular weight is 466 g/mol. The smallest absolute Gasteiger partial charge is 0.414 e. The van der Waals surface area contributed by atoms with Gasteiger partial charge >= 0.3 is 12.2 Å². The van der Waals surface area contributed by atoms with Gasteiger partial charge in [0.25, 0.3) is 0 Å². The van der Waals surface area contributed by atoms with Crippen molar-refractivity contribution >= 4 is 40.9 Å². The number of carbonyl (C=O) groups excluding carboxylic acids is 2. The molecule has 3 saturated heterocycles. The van der Waals surface area contributed by atoms with Crippen LogP contribution in [0.4, 0.5) is 25.4 Å². The largest absolute Gasteiger partial charge is 0.450 e. The van der Waals surface area contributed by atoms with Gasteiger partial charge in [-0.3, -0.25) is 4.90 Å². The Hall–Kier alpha value is -2.82. The Bertz CT molecular complexity index is 876. The molecule has 1 aromatic rings. The molecule has 1 atom stereocenters. The van der Waals surface area contributed by atoms with E-state index < -0.39 is 11.9 Å². The maximum Gasteiger partial charge on any atom is 0.414 e. The highest BCUT2D eigenvalue weighted by molar-refractivity contribution is 7.80. The van der Waals surface area contributed by atoms with Crippen LogP contribution in [0.2, 0.25) is 0 Å². The molecular formula is C21H28FN5O4S. The summed E-state index contributed by atoms with van der Waals surface area (Å²) in [7, 11) is 0. The number of anilines is 2. The first-order valence-electron chi connectivity index (χ1n) is 10.9. The highest BCUT2D eigenvalue weighted by Gasteiger charge is 2.33. The lowest BCUT2D eigenvalue weighted by Gasteiger charge is -2.35. The molecule has 3 aliphatic heterocycles. The lowest BCUT2D eigenvalue weighted by Crippen LogP contribution is -2.49. The van der Waals surface area contributed by atoms with E-state index in [2.05, 4.69) is 10.2 Å². The third kappa shape index (κ3) is 4.82. The van der Waals surface area contributed by atoms with E-state index in [1.165, 1.54) is 11.0 Å². The van der Waals surface area contributed by atoms with Gasteiger partial charge in [-0.2, -0.15) is 0 Å². The second kappa shape index (κ2) is 9.76. The molecule has 0 radical (unpaired) electrons. The van der Waals surface area contributed by atoms with Gasteiger partial charge in [0.2, 0.25) is 0 Å². The number of piperazine rings is 1. The Balaban J connectivity index is 1.32. The fourth-order valence-electron chi connectivity index (χ4n) is 3.94. The number of hydrogen-bond donors (Lipinski definition) is 1. The van der Waals surface area contributed by atoms with Gasteiger partial charge in [0, 0.05) is 39.3 Å². The third-order valence-corrected chi connectivity index (χ3v) is 6.29. The summed E-state index contributed by atoms with van der Waals surface area (Å²) in [5, 5.41) is 3.81. The molecular weight excluding hydrogens is 437 g/mol. The number of nitrogens with one attached hydrogen (secondary N) is 1. The van der Waals surface area contributed by atoms with Gasteiger partial charge in [0.15, 0.2) is 5.11 Å². The van der Waals surface area contributed by atoms with Crippen molar-refractivity contribution in [2.24, 2.45) is 0 Å². The SMILES string of the molecule is CCOC(=O)N1CCN(c2ccc(N3C[C@H](CNC(=S)N4CCC4)OC3=O)cc2F)CC1. The summed E-state index contributed by atoms with van der Waals surface area (Å²) in [5.41, 5.74) is 0.900. The predicted molar refractivity (Wildman–Crippen MR) is 122 cm³/mol. The summed E-state index contributed by atoms with van der Waals surface area (Å²) in [4.78, 5) is 31.2. The maximum absolute atomic E-state index is 14.9. The highest BCUT2D eigenvalue weighted by Crippen LogP contribution is 2.28. The summed E-state index contributed by atoms with van der Waals surface area (Å²) in [5.74, 6) is -0.416. The van der Waals surface area contributed by atoms with Gasteiger partial charge in [-0.15, -0.1) is 0 Å². The first-order valence-corrected chi connectivity index (χ1v) is 11.3. The minimum atomic E-state index is -0.498. The first kappa shape index (κ1) is 22.4. The summed E-state index contributed by atoms with van der Waals surface area (Å²) >= 11 is 5.32. The Morgan fingerprint density at radius 3 is 2.59 bits per heavy atom. The quantitative estimate of drug-likeness (QED) is 0.662. The zero-order chi connectivity index (χ0) is 22.7. The Morgan fingerprint density at radius 2 is 1.97 bits per heavy atom. The summed E-state index contributed by atoms with van der Waals surface area (Å²) < 4.78 is 25.4. The molecule has 0 aliphatic carbocycles. The van der Waals surface area contributed by atoms with E-state index in [1.807, 2.05) is 4.90 Å². The minimum absolute atomic E-state index is 0.325. The van der Waals surface area contributed by atoms with Crippen LogP contribution in [0.25, 0.3) is 0 Å². The fourth-order valence-corrected chi connectivity index (χ4v) is 4.20. The molecule has 4 rings (SSSR count). The lowest BCUT2D eigenvalue weighted by atomic mass is 10.2. The Labute approximate surface area is 192 Å². The van der Waals surface area contributed by atoms with Gasteiger partial charge < -0.3 is 29.5 Å². The standard InChI is InChI=1S/C21H28FN5O4S/c1-2-30-20(28)26-10-8-24(9-11-26)18-5-4-15(12-17(18)22)27-14-16(31-21(27)29)13-23-19(32)25-6-3-7-25/h4-5,12,16H,2-3,6-11,13-14H2,1H3,(H,23,32)/t16-/m0/s1. The molecule has 11 heteroatoms. The van der Waals surface area contributed by atoms with Crippen LogP contribution in [-0.2, 0) is 9.47 Å². The van der Waals surface area contributed by atoms with Gasteiger partial charge in [0.05, 0.1) is 31.1 Å². The van der Waals surface area contributed by atoms with E-state index in [-0.39, 0.29) is 12.2 Å². The topological polar surface area (TPSA) is 77.6 Å². The van der Waals surface area contributed by atoms with Crippen molar-refractivity contribution in [3.63, 3.8) is 0 Å². The normalized spacial score (nSPS) is 20.7. The number of rotatable bonds is 5. The second-order valence-electron chi connectivity index (χ2n) is 7.95. The molecule has 3 heterocycles. The van der Waals surface area contributed by atoms with Crippen molar-refractivity contribution in [3.8, 4) is 0 Å². The number of amides is 2. The fraction of sp³-hybridized carbons (Fsp3) is 0.571. The number of thiocarbonyl (C=S) groups is 1. The molecule has 3 aliphatic rings. The molecule has 32 heavy (non-hydrogen) atoms. The highest BCUT2D eigenvalue weighted by atomic mass is 32.1. The summed E-state index contributed by atoms with van der Waals surface area (Å²) in [6.07, 6.45) is -0.0658. The van der Waals surface area contributed by atoms with Gasteiger partial charge in [0.1, 0.15) is 11.9 Å². The van der Waals surface area contributed by atoms with Crippen LogP contribution in [0.5, 0.6) is 0 Å². The van der Waals surface area contributed by atoms with Crippen LogP contribution in [-0.4, -0.2) is 92.2 Å². The van der Waals surface area contributed by atoms with Crippen molar-refractivity contribution in [1.29, 1.82) is 0 Å².